The van der Waals surface area contributed by atoms with Crippen LogP contribution in [-0.4, -0.2) is 28.6 Å². The second kappa shape index (κ2) is 8.25. The van der Waals surface area contributed by atoms with Crippen molar-refractivity contribution in [2.75, 3.05) is 6.54 Å². The van der Waals surface area contributed by atoms with Crippen molar-refractivity contribution in [3.05, 3.63) is 64.5 Å². The Morgan fingerprint density at radius 2 is 1.92 bits per heavy atom. The topological polar surface area (TPSA) is 86.9 Å². The summed E-state index contributed by atoms with van der Waals surface area (Å²) >= 11 is 1.47. The number of hydrogen-bond donors (Lipinski definition) is 3. The number of amides is 2. The lowest BCUT2D eigenvalue weighted by molar-refractivity contribution is -0.121. The van der Waals surface area contributed by atoms with Gasteiger partial charge < -0.3 is 10.6 Å². The van der Waals surface area contributed by atoms with Gasteiger partial charge in [-0.25, -0.2) is 0 Å². The molecule has 0 atom stereocenters. The monoisotopic (exact) mass is 354 g/mol. The lowest BCUT2D eigenvalue weighted by Crippen LogP contribution is -2.30. The molecule has 0 bridgehead atoms. The molecule has 0 saturated heterocycles. The van der Waals surface area contributed by atoms with Crippen LogP contribution in [0.5, 0.6) is 0 Å². The van der Waals surface area contributed by atoms with E-state index in [1.54, 1.807) is 17.6 Å². The van der Waals surface area contributed by atoms with Gasteiger partial charge in [0.15, 0.2) is 0 Å². The Morgan fingerprint density at radius 3 is 2.60 bits per heavy atom. The zero-order valence-electron chi connectivity index (χ0n) is 13.5. The van der Waals surface area contributed by atoms with E-state index in [2.05, 4.69) is 20.8 Å². The molecule has 3 rings (SSSR count). The highest BCUT2D eigenvalue weighted by atomic mass is 32.1. The van der Waals surface area contributed by atoms with Gasteiger partial charge in [0.25, 0.3) is 5.91 Å². The molecule has 7 heteroatoms. The van der Waals surface area contributed by atoms with Crippen LogP contribution in [0.2, 0.25) is 0 Å². The molecule has 3 aromatic rings. The molecule has 0 spiro atoms. The predicted octanol–water partition coefficient (Wildman–Crippen LogP) is 2.57. The number of aromatic nitrogens is 2. The van der Waals surface area contributed by atoms with E-state index >= 15 is 0 Å². The third kappa shape index (κ3) is 4.77. The van der Waals surface area contributed by atoms with Gasteiger partial charge in [-0.2, -0.15) is 16.4 Å². The van der Waals surface area contributed by atoms with Gasteiger partial charge in [-0.15, -0.1) is 0 Å². The molecular weight excluding hydrogens is 336 g/mol. The lowest BCUT2D eigenvalue weighted by Gasteiger charge is -2.07. The number of benzene rings is 1. The van der Waals surface area contributed by atoms with Gasteiger partial charge in [0.05, 0.1) is 5.69 Å². The zero-order chi connectivity index (χ0) is 17.5. The quantitative estimate of drug-likeness (QED) is 0.609. The smallest absolute Gasteiger partial charge is 0.252 e. The Morgan fingerprint density at radius 1 is 1.08 bits per heavy atom. The highest BCUT2D eigenvalue weighted by Crippen LogP contribution is 2.16. The Labute approximate surface area is 149 Å². The number of H-pyrrole nitrogens is 1. The first-order chi connectivity index (χ1) is 12.2. The second-order valence-electron chi connectivity index (χ2n) is 5.46. The van der Waals surface area contributed by atoms with Gasteiger partial charge in [0.1, 0.15) is 0 Å². The number of aromatic amines is 1. The number of nitrogens with zero attached hydrogens (tertiary/aromatic N) is 1. The minimum atomic E-state index is -0.150. The lowest BCUT2D eigenvalue weighted by atomic mass is 10.1. The summed E-state index contributed by atoms with van der Waals surface area (Å²) < 4.78 is 0. The molecule has 0 aliphatic rings. The highest BCUT2D eigenvalue weighted by molar-refractivity contribution is 7.08. The van der Waals surface area contributed by atoms with Crippen molar-refractivity contribution in [3.63, 3.8) is 0 Å². The summed E-state index contributed by atoms with van der Waals surface area (Å²) in [6.07, 6.45) is 1.96. The van der Waals surface area contributed by atoms with E-state index in [1.165, 1.54) is 11.3 Å². The standard InChI is InChI=1S/C18H18N4O2S/c23-17(6-8-19-18(24)15-7-10-25-12-15)20-11-13-1-3-14(4-2-13)16-5-9-21-22-16/h1-5,7,9-10,12H,6,8,11H2,(H,19,24)(H,20,23)(H,21,22). The van der Waals surface area contributed by atoms with E-state index in [9.17, 15) is 9.59 Å². The molecule has 0 aliphatic heterocycles. The maximum Gasteiger partial charge on any atom is 0.252 e. The molecule has 0 unspecified atom stereocenters. The molecule has 2 amide bonds. The number of thiophene rings is 1. The minimum Gasteiger partial charge on any atom is -0.352 e. The second-order valence-corrected chi connectivity index (χ2v) is 6.24. The van der Waals surface area contributed by atoms with E-state index in [-0.39, 0.29) is 18.2 Å². The third-order valence-corrected chi connectivity index (χ3v) is 4.36. The summed E-state index contributed by atoms with van der Waals surface area (Å²) in [5.41, 5.74) is 3.64. The molecule has 0 aliphatic carbocycles. The Hall–Kier alpha value is -2.93. The van der Waals surface area contributed by atoms with Crippen LogP contribution in [0.4, 0.5) is 0 Å². The van der Waals surface area contributed by atoms with E-state index < -0.39 is 0 Å². The number of nitrogens with one attached hydrogen (secondary N) is 3. The Bertz CT molecular complexity index is 811. The molecule has 25 heavy (non-hydrogen) atoms. The molecule has 2 heterocycles. The van der Waals surface area contributed by atoms with Gasteiger partial charge in [-0.3, -0.25) is 14.7 Å². The summed E-state index contributed by atoms with van der Waals surface area (Å²) in [5.74, 6) is -0.244. The van der Waals surface area contributed by atoms with Crippen LogP contribution < -0.4 is 10.6 Å². The molecule has 2 aromatic heterocycles. The van der Waals surface area contributed by atoms with E-state index in [4.69, 9.17) is 0 Å². The maximum atomic E-state index is 11.9. The van der Waals surface area contributed by atoms with Crippen LogP contribution in [0.15, 0.2) is 53.4 Å². The molecule has 0 fully saturated rings. The Balaban J connectivity index is 1.39. The number of rotatable bonds is 7. The highest BCUT2D eigenvalue weighted by Gasteiger charge is 2.07. The largest absolute Gasteiger partial charge is 0.352 e. The molecule has 0 radical (unpaired) electrons. The fraction of sp³-hybridized carbons (Fsp3) is 0.167. The van der Waals surface area contributed by atoms with Crippen molar-refractivity contribution < 1.29 is 9.59 Å². The average molecular weight is 354 g/mol. The van der Waals surface area contributed by atoms with Crippen molar-refractivity contribution in [1.29, 1.82) is 0 Å². The number of carbonyl (C=O) groups is 2. The molecule has 128 valence electrons. The van der Waals surface area contributed by atoms with Crippen LogP contribution in [0.3, 0.4) is 0 Å². The van der Waals surface area contributed by atoms with Crippen molar-refractivity contribution in [2.24, 2.45) is 0 Å². The summed E-state index contributed by atoms with van der Waals surface area (Å²) in [6, 6.07) is 11.6. The molecule has 3 N–H and O–H groups in total. The van der Waals surface area contributed by atoms with Crippen LogP contribution >= 0.6 is 11.3 Å². The predicted molar refractivity (Wildman–Crippen MR) is 97.1 cm³/mol. The first kappa shape index (κ1) is 16.9. The molecular formula is C18H18N4O2S. The fourth-order valence-electron chi connectivity index (χ4n) is 2.29. The third-order valence-electron chi connectivity index (χ3n) is 3.68. The van der Waals surface area contributed by atoms with Crippen molar-refractivity contribution in [3.8, 4) is 11.3 Å². The summed E-state index contributed by atoms with van der Waals surface area (Å²) in [5, 5.41) is 16.1. The van der Waals surface area contributed by atoms with Crippen LogP contribution in [0.25, 0.3) is 11.3 Å². The zero-order valence-corrected chi connectivity index (χ0v) is 14.3. The van der Waals surface area contributed by atoms with E-state index in [0.717, 1.165) is 16.8 Å². The Kier molecular flexibility index (Phi) is 5.58. The van der Waals surface area contributed by atoms with Gasteiger partial charge in [0, 0.05) is 36.7 Å². The van der Waals surface area contributed by atoms with Crippen molar-refractivity contribution in [1.82, 2.24) is 20.8 Å². The summed E-state index contributed by atoms with van der Waals surface area (Å²) in [7, 11) is 0. The maximum absolute atomic E-state index is 11.9. The summed E-state index contributed by atoms with van der Waals surface area (Å²) in [4.78, 5) is 23.6. The number of carbonyl (C=O) groups excluding carboxylic acids is 2. The van der Waals surface area contributed by atoms with Gasteiger partial charge >= 0.3 is 0 Å². The van der Waals surface area contributed by atoms with Crippen LogP contribution in [0, 0.1) is 0 Å². The first-order valence-corrected chi connectivity index (χ1v) is 8.82. The SMILES string of the molecule is O=C(CCNC(=O)c1ccsc1)NCc1ccc(-c2ccn[nH]2)cc1. The molecule has 6 nitrogen and oxygen atoms in total. The number of hydrogen-bond acceptors (Lipinski definition) is 4. The van der Waals surface area contributed by atoms with Crippen molar-refractivity contribution in [2.45, 2.75) is 13.0 Å². The molecule has 0 saturated carbocycles. The molecule has 1 aromatic carbocycles. The van der Waals surface area contributed by atoms with E-state index in [0.29, 0.717) is 18.7 Å². The normalized spacial score (nSPS) is 10.4. The fourth-order valence-corrected chi connectivity index (χ4v) is 2.93. The van der Waals surface area contributed by atoms with Gasteiger partial charge in [-0.1, -0.05) is 24.3 Å². The van der Waals surface area contributed by atoms with Gasteiger partial charge in [-0.05, 0) is 28.6 Å². The van der Waals surface area contributed by atoms with Crippen molar-refractivity contribution >= 4 is 23.2 Å². The summed E-state index contributed by atoms with van der Waals surface area (Å²) in [6.45, 7) is 0.778. The van der Waals surface area contributed by atoms with Gasteiger partial charge in [0.2, 0.25) is 5.91 Å². The average Bonchev–Trinajstić information content (AvgIpc) is 3.34. The van der Waals surface area contributed by atoms with E-state index in [1.807, 2.05) is 35.7 Å². The van der Waals surface area contributed by atoms with Crippen LogP contribution in [-0.2, 0) is 11.3 Å². The first-order valence-electron chi connectivity index (χ1n) is 7.88. The van der Waals surface area contributed by atoms with Crippen LogP contribution in [0.1, 0.15) is 22.3 Å². The minimum absolute atomic E-state index is 0.0942.